The molecule has 1 fully saturated rings. The molecule has 166 valence electrons. The van der Waals surface area contributed by atoms with Gasteiger partial charge in [-0.1, -0.05) is 74.5 Å². The van der Waals surface area contributed by atoms with Gasteiger partial charge in [0.2, 0.25) is 0 Å². The Hall–Kier alpha value is -2.91. The van der Waals surface area contributed by atoms with Gasteiger partial charge in [0, 0.05) is 24.7 Å². The molecule has 0 bridgehead atoms. The summed E-state index contributed by atoms with van der Waals surface area (Å²) >= 11 is 0. The van der Waals surface area contributed by atoms with Crippen LogP contribution in [-0.4, -0.2) is 47.9 Å². The predicted molar refractivity (Wildman–Crippen MR) is 134 cm³/mol. The Bertz CT molecular complexity index is 1010. The summed E-state index contributed by atoms with van der Waals surface area (Å²) in [5, 5.41) is 0. The highest BCUT2D eigenvalue weighted by atomic mass is 16.2. The van der Waals surface area contributed by atoms with Crippen molar-refractivity contribution in [3.8, 4) is 22.3 Å². The smallest absolute Gasteiger partial charge is 0.254 e. The maximum atomic E-state index is 13.3. The second kappa shape index (κ2) is 10.6. The van der Waals surface area contributed by atoms with E-state index in [4.69, 9.17) is 0 Å². The first kappa shape index (κ1) is 22.3. The lowest BCUT2D eigenvalue weighted by molar-refractivity contribution is 0.0702. The van der Waals surface area contributed by atoms with Crippen LogP contribution in [0.1, 0.15) is 43.5 Å². The Balaban J connectivity index is 1.48. The first-order chi connectivity index (χ1) is 15.7. The average Bonchev–Trinajstić information content (AvgIpc) is 3.32. The van der Waals surface area contributed by atoms with E-state index in [0.717, 1.165) is 56.6 Å². The molecule has 3 nitrogen and oxygen atoms in total. The minimum Gasteiger partial charge on any atom is -0.334 e. The minimum atomic E-state index is 0.171. The number of carbonyl (C=O) groups is 1. The molecule has 1 heterocycles. The second-order valence-corrected chi connectivity index (χ2v) is 8.71. The number of hydrogen-bond donors (Lipinski definition) is 0. The summed E-state index contributed by atoms with van der Waals surface area (Å²) in [5.74, 6) is 0.171. The van der Waals surface area contributed by atoms with Crippen molar-refractivity contribution in [3.63, 3.8) is 0 Å². The molecule has 1 aliphatic heterocycles. The molecule has 1 aliphatic rings. The normalized spacial score (nSPS) is 16.0. The predicted octanol–water partition coefficient (Wildman–Crippen LogP) is 6.36. The third-order valence-electron chi connectivity index (χ3n) is 6.53. The van der Waals surface area contributed by atoms with E-state index in [-0.39, 0.29) is 5.91 Å². The van der Waals surface area contributed by atoms with Gasteiger partial charge in [0.05, 0.1) is 0 Å². The molecule has 4 rings (SSSR count). The van der Waals surface area contributed by atoms with Crippen molar-refractivity contribution in [2.75, 3.05) is 26.2 Å². The molecule has 1 saturated heterocycles. The molecule has 3 aromatic rings. The van der Waals surface area contributed by atoms with Crippen molar-refractivity contribution >= 4 is 5.91 Å². The molecule has 0 unspecified atom stereocenters. The van der Waals surface area contributed by atoms with Gasteiger partial charge in [-0.05, 0) is 72.8 Å². The summed E-state index contributed by atoms with van der Waals surface area (Å²) in [6.07, 6.45) is 3.36. The summed E-state index contributed by atoms with van der Waals surface area (Å²) in [5.41, 5.74) is 5.51. The van der Waals surface area contributed by atoms with Crippen LogP contribution in [0.25, 0.3) is 22.3 Å². The van der Waals surface area contributed by atoms with Crippen molar-refractivity contribution in [3.05, 3.63) is 84.4 Å². The second-order valence-electron chi connectivity index (χ2n) is 8.71. The Morgan fingerprint density at radius 2 is 1.53 bits per heavy atom. The largest absolute Gasteiger partial charge is 0.334 e. The number of likely N-dealkylation sites (N-methyl/N-ethyl adjacent to an activating group) is 1. The molecule has 3 aromatic carbocycles. The molecular formula is C29H34N2O. The lowest BCUT2D eigenvalue weighted by Crippen LogP contribution is -2.43. The zero-order chi connectivity index (χ0) is 22.3. The molecule has 0 radical (unpaired) electrons. The number of nitrogens with zero attached hydrogens (tertiary/aromatic N) is 2. The lowest BCUT2D eigenvalue weighted by atomic mass is 9.98. The third kappa shape index (κ3) is 5.11. The Morgan fingerprint density at radius 1 is 0.875 bits per heavy atom. The number of carbonyl (C=O) groups excluding carboxylic acids is 1. The number of rotatable bonds is 8. The Kier molecular flexibility index (Phi) is 7.39. The molecule has 0 aromatic heterocycles. The first-order valence-electron chi connectivity index (χ1n) is 12.0. The molecule has 0 N–H and O–H groups in total. The van der Waals surface area contributed by atoms with Crippen LogP contribution in [0, 0.1) is 0 Å². The van der Waals surface area contributed by atoms with Gasteiger partial charge in [-0.3, -0.25) is 4.79 Å². The van der Waals surface area contributed by atoms with Crippen LogP contribution in [0.3, 0.4) is 0 Å². The summed E-state index contributed by atoms with van der Waals surface area (Å²) < 4.78 is 0. The van der Waals surface area contributed by atoms with Gasteiger partial charge >= 0.3 is 0 Å². The van der Waals surface area contributed by atoms with E-state index in [9.17, 15) is 4.79 Å². The van der Waals surface area contributed by atoms with Gasteiger partial charge in [-0.25, -0.2) is 0 Å². The summed E-state index contributed by atoms with van der Waals surface area (Å²) in [4.78, 5) is 17.9. The Morgan fingerprint density at radius 3 is 2.19 bits per heavy atom. The van der Waals surface area contributed by atoms with Crippen LogP contribution in [-0.2, 0) is 0 Å². The van der Waals surface area contributed by atoms with Gasteiger partial charge in [0.25, 0.3) is 5.91 Å². The number of benzene rings is 3. The number of likely N-dealkylation sites (tertiary alicyclic amines) is 1. The van der Waals surface area contributed by atoms with E-state index in [1.54, 1.807) is 0 Å². The van der Waals surface area contributed by atoms with Gasteiger partial charge in [-0.15, -0.1) is 0 Å². The van der Waals surface area contributed by atoms with E-state index >= 15 is 0 Å². The summed E-state index contributed by atoms with van der Waals surface area (Å²) in [7, 11) is 0. The van der Waals surface area contributed by atoms with Crippen molar-refractivity contribution in [2.45, 2.75) is 39.2 Å². The molecule has 0 aliphatic carbocycles. The maximum absolute atomic E-state index is 13.3. The van der Waals surface area contributed by atoms with E-state index in [1.165, 1.54) is 16.7 Å². The van der Waals surface area contributed by atoms with E-state index in [2.05, 4.69) is 84.3 Å². The highest BCUT2D eigenvalue weighted by Gasteiger charge is 2.30. The first-order valence-corrected chi connectivity index (χ1v) is 12.0. The standard InChI is InChI=1S/C29H34N2O/c1-3-19-30(4-2)22-28-14-9-20-31(28)29(32)25-17-15-24(16-18-25)27-13-8-12-26(21-27)23-10-6-5-7-11-23/h5-8,10-13,15-18,21,28H,3-4,9,14,19-20,22H2,1-2H3/t28-/m0/s1. The van der Waals surface area contributed by atoms with Gasteiger partial charge in [-0.2, -0.15) is 0 Å². The summed E-state index contributed by atoms with van der Waals surface area (Å²) in [6.45, 7) is 8.43. The zero-order valence-corrected chi connectivity index (χ0v) is 19.3. The highest BCUT2D eigenvalue weighted by molar-refractivity contribution is 5.95. The van der Waals surface area contributed by atoms with Crippen LogP contribution in [0.2, 0.25) is 0 Å². The van der Waals surface area contributed by atoms with Crippen LogP contribution in [0.15, 0.2) is 78.9 Å². The average molecular weight is 427 g/mol. The lowest BCUT2D eigenvalue weighted by Gasteiger charge is -2.30. The Labute approximate surface area is 192 Å². The highest BCUT2D eigenvalue weighted by Crippen LogP contribution is 2.27. The molecule has 0 saturated carbocycles. The van der Waals surface area contributed by atoms with Crippen LogP contribution in [0.5, 0.6) is 0 Å². The monoisotopic (exact) mass is 426 g/mol. The molecule has 1 amide bonds. The van der Waals surface area contributed by atoms with Crippen molar-refractivity contribution in [2.24, 2.45) is 0 Å². The number of amides is 1. The maximum Gasteiger partial charge on any atom is 0.254 e. The van der Waals surface area contributed by atoms with Crippen molar-refractivity contribution in [1.82, 2.24) is 9.80 Å². The third-order valence-corrected chi connectivity index (χ3v) is 6.53. The fourth-order valence-corrected chi connectivity index (χ4v) is 4.77. The van der Waals surface area contributed by atoms with Crippen LogP contribution < -0.4 is 0 Å². The molecular weight excluding hydrogens is 392 g/mol. The van der Waals surface area contributed by atoms with E-state index in [0.29, 0.717) is 6.04 Å². The molecule has 1 atom stereocenters. The summed E-state index contributed by atoms with van der Waals surface area (Å²) in [6, 6.07) is 27.5. The van der Waals surface area contributed by atoms with Crippen molar-refractivity contribution in [1.29, 1.82) is 0 Å². The quantitative estimate of drug-likeness (QED) is 0.419. The van der Waals surface area contributed by atoms with Gasteiger partial charge < -0.3 is 9.80 Å². The van der Waals surface area contributed by atoms with E-state index in [1.807, 2.05) is 18.2 Å². The SMILES string of the molecule is CCCN(CC)C[C@@H]1CCCN1C(=O)c1ccc(-c2cccc(-c3ccccc3)c2)cc1. The molecule has 32 heavy (non-hydrogen) atoms. The van der Waals surface area contributed by atoms with Gasteiger partial charge in [0.15, 0.2) is 0 Å². The zero-order valence-electron chi connectivity index (χ0n) is 19.3. The van der Waals surface area contributed by atoms with Crippen LogP contribution >= 0.6 is 0 Å². The fourth-order valence-electron chi connectivity index (χ4n) is 4.77. The minimum absolute atomic E-state index is 0.171. The topological polar surface area (TPSA) is 23.6 Å². The van der Waals surface area contributed by atoms with E-state index < -0.39 is 0 Å². The van der Waals surface area contributed by atoms with Crippen molar-refractivity contribution < 1.29 is 4.79 Å². The number of hydrogen-bond acceptors (Lipinski definition) is 2. The fraction of sp³-hybridized carbons (Fsp3) is 0.345. The van der Waals surface area contributed by atoms with Crippen LogP contribution in [0.4, 0.5) is 0 Å². The molecule has 0 spiro atoms. The molecule has 3 heteroatoms. The van der Waals surface area contributed by atoms with Gasteiger partial charge in [0.1, 0.15) is 0 Å².